The maximum Gasteiger partial charge on any atom is 0.145 e. The van der Waals surface area contributed by atoms with Gasteiger partial charge in [0.2, 0.25) is 0 Å². The summed E-state index contributed by atoms with van der Waals surface area (Å²) in [6, 6.07) is 2.30. The van der Waals surface area contributed by atoms with Crippen molar-refractivity contribution in [3.05, 3.63) is 23.0 Å². The molecule has 1 saturated heterocycles. The first-order valence-corrected chi connectivity index (χ1v) is 10.1. The smallest absolute Gasteiger partial charge is 0.145 e. The van der Waals surface area contributed by atoms with Crippen molar-refractivity contribution in [1.82, 2.24) is 9.55 Å². The lowest BCUT2D eigenvalue weighted by molar-refractivity contribution is 0.500. The highest BCUT2D eigenvalue weighted by atomic mass is 35.5. The monoisotopic (exact) mass is 375 g/mol. The second kappa shape index (κ2) is 9.12. The van der Waals surface area contributed by atoms with Gasteiger partial charge in [0.15, 0.2) is 0 Å². The summed E-state index contributed by atoms with van der Waals surface area (Å²) in [6.07, 6.45) is 8.15. The zero-order valence-electron chi connectivity index (χ0n) is 12.4. The van der Waals surface area contributed by atoms with Gasteiger partial charge in [-0.1, -0.05) is 6.92 Å². The summed E-state index contributed by atoms with van der Waals surface area (Å²) in [4.78, 5) is 4.02. The molecule has 0 aromatic carbocycles. The summed E-state index contributed by atoms with van der Waals surface area (Å²) in [7, 11) is 0. The largest absolute Gasteiger partial charge is 0.296 e. The number of nitrogens with zero attached hydrogens (tertiary/aromatic N) is 3. The zero-order chi connectivity index (χ0) is 15.9. The van der Waals surface area contributed by atoms with Crippen LogP contribution in [0.1, 0.15) is 26.2 Å². The van der Waals surface area contributed by atoms with Crippen LogP contribution in [0.15, 0.2) is 23.0 Å². The standard InChI is InChI=1S/C15H19Cl2N3S2/c1-11(2-3-12(17)4-5-16)14-9-21-15(22-14)13(8-18)20-7-6-19-10-20/h6-7,10-12,14H,2-5,9H2,1H3/b15-13+. The molecule has 1 aromatic rings. The Morgan fingerprint density at radius 3 is 3.00 bits per heavy atom. The molecule has 2 heterocycles. The van der Waals surface area contributed by atoms with E-state index in [2.05, 4.69) is 18.0 Å². The van der Waals surface area contributed by atoms with E-state index in [0.717, 1.165) is 29.3 Å². The number of halogens is 2. The fourth-order valence-electron chi connectivity index (χ4n) is 2.26. The lowest BCUT2D eigenvalue weighted by Crippen LogP contribution is -2.15. The highest BCUT2D eigenvalue weighted by Crippen LogP contribution is 2.47. The molecule has 0 amide bonds. The second-order valence-corrected chi connectivity index (χ2v) is 8.85. The molecule has 1 aromatic heterocycles. The van der Waals surface area contributed by atoms with Gasteiger partial charge in [0.25, 0.3) is 0 Å². The molecule has 120 valence electrons. The Bertz CT molecular complexity index is 539. The first-order chi connectivity index (χ1) is 10.7. The van der Waals surface area contributed by atoms with E-state index in [-0.39, 0.29) is 5.38 Å². The topological polar surface area (TPSA) is 41.6 Å². The fourth-order valence-corrected chi connectivity index (χ4v) is 6.03. The molecule has 0 saturated carbocycles. The van der Waals surface area contributed by atoms with Crippen molar-refractivity contribution >= 4 is 52.4 Å². The lowest BCUT2D eigenvalue weighted by Gasteiger charge is -2.18. The Morgan fingerprint density at radius 1 is 1.55 bits per heavy atom. The van der Waals surface area contributed by atoms with Crippen molar-refractivity contribution in [2.24, 2.45) is 5.92 Å². The van der Waals surface area contributed by atoms with Crippen LogP contribution in [-0.2, 0) is 0 Å². The van der Waals surface area contributed by atoms with Crippen LogP contribution in [0, 0.1) is 17.2 Å². The number of aromatic nitrogens is 2. The average molecular weight is 376 g/mol. The van der Waals surface area contributed by atoms with Gasteiger partial charge in [0, 0.05) is 34.7 Å². The quantitative estimate of drug-likeness (QED) is 0.494. The van der Waals surface area contributed by atoms with E-state index in [0.29, 0.717) is 22.7 Å². The van der Waals surface area contributed by atoms with Crippen LogP contribution in [0.25, 0.3) is 5.70 Å². The average Bonchev–Trinajstić information content (AvgIpc) is 3.18. The van der Waals surface area contributed by atoms with E-state index in [9.17, 15) is 5.26 Å². The second-order valence-electron chi connectivity index (χ2n) is 5.31. The molecule has 3 unspecified atom stereocenters. The molecule has 3 nitrogen and oxygen atoms in total. The summed E-state index contributed by atoms with van der Waals surface area (Å²) >= 11 is 15.6. The fraction of sp³-hybridized carbons (Fsp3) is 0.600. The number of alkyl halides is 2. The molecule has 0 radical (unpaired) electrons. The van der Waals surface area contributed by atoms with E-state index in [1.54, 1.807) is 28.9 Å². The van der Waals surface area contributed by atoms with Gasteiger partial charge in [0.05, 0.1) is 10.6 Å². The molecule has 7 heteroatoms. The number of thioether (sulfide) groups is 2. The van der Waals surface area contributed by atoms with Gasteiger partial charge in [-0.25, -0.2) is 4.98 Å². The van der Waals surface area contributed by atoms with Gasteiger partial charge in [-0.2, -0.15) is 5.26 Å². The molecule has 1 fully saturated rings. The van der Waals surface area contributed by atoms with Gasteiger partial charge >= 0.3 is 0 Å². The van der Waals surface area contributed by atoms with Crippen LogP contribution in [-0.4, -0.2) is 31.8 Å². The minimum absolute atomic E-state index is 0.176. The minimum atomic E-state index is 0.176. The van der Waals surface area contributed by atoms with Crippen LogP contribution in [0.5, 0.6) is 0 Å². The summed E-state index contributed by atoms with van der Waals surface area (Å²) in [5, 5.41) is 10.1. The zero-order valence-corrected chi connectivity index (χ0v) is 15.6. The first-order valence-electron chi connectivity index (χ1n) is 7.28. The van der Waals surface area contributed by atoms with E-state index >= 15 is 0 Å². The number of hydrogen-bond acceptors (Lipinski definition) is 4. The molecule has 1 aliphatic rings. The van der Waals surface area contributed by atoms with Gasteiger partial charge in [-0.05, 0) is 25.2 Å². The van der Waals surface area contributed by atoms with E-state index in [4.69, 9.17) is 23.2 Å². The minimum Gasteiger partial charge on any atom is -0.296 e. The highest BCUT2D eigenvalue weighted by molar-refractivity contribution is 8.25. The Labute approximate surface area is 150 Å². The summed E-state index contributed by atoms with van der Waals surface area (Å²) < 4.78 is 2.89. The Balaban J connectivity index is 1.93. The molecule has 3 atom stereocenters. The van der Waals surface area contributed by atoms with Crippen LogP contribution in [0.4, 0.5) is 0 Å². The van der Waals surface area contributed by atoms with Gasteiger partial charge in [-0.15, -0.1) is 46.7 Å². The number of allylic oxidation sites excluding steroid dienone is 1. The maximum absolute atomic E-state index is 9.41. The van der Waals surface area contributed by atoms with E-state index in [1.165, 1.54) is 0 Å². The van der Waals surface area contributed by atoms with Gasteiger partial charge in [-0.3, -0.25) is 4.57 Å². The molecule has 22 heavy (non-hydrogen) atoms. The van der Waals surface area contributed by atoms with Crippen LogP contribution >= 0.6 is 46.7 Å². The third kappa shape index (κ3) is 4.86. The van der Waals surface area contributed by atoms with Gasteiger partial charge in [0.1, 0.15) is 11.8 Å². The van der Waals surface area contributed by atoms with Crippen molar-refractivity contribution in [3.8, 4) is 6.07 Å². The normalized spacial score (nSPS) is 23.1. The molecule has 1 aliphatic heterocycles. The van der Waals surface area contributed by atoms with E-state index in [1.807, 2.05) is 18.0 Å². The third-order valence-corrected chi connectivity index (χ3v) is 7.52. The van der Waals surface area contributed by atoms with Crippen LogP contribution in [0.2, 0.25) is 0 Å². The van der Waals surface area contributed by atoms with Crippen LogP contribution in [0.3, 0.4) is 0 Å². The number of hydrogen-bond donors (Lipinski definition) is 0. The first kappa shape index (κ1) is 18.1. The van der Waals surface area contributed by atoms with Crippen molar-refractivity contribution in [2.75, 3.05) is 11.6 Å². The molecule has 0 N–H and O–H groups in total. The number of nitriles is 1. The van der Waals surface area contributed by atoms with Crippen molar-refractivity contribution < 1.29 is 0 Å². The van der Waals surface area contributed by atoms with Crippen molar-refractivity contribution in [3.63, 3.8) is 0 Å². The van der Waals surface area contributed by atoms with E-state index < -0.39 is 0 Å². The summed E-state index contributed by atoms with van der Waals surface area (Å²) in [6.45, 7) is 2.27. The van der Waals surface area contributed by atoms with Crippen molar-refractivity contribution in [2.45, 2.75) is 36.8 Å². The molecular weight excluding hydrogens is 357 g/mol. The highest BCUT2D eigenvalue weighted by Gasteiger charge is 2.29. The lowest BCUT2D eigenvalue weighted by atomic mass is 10.0. The number of imidazole rings is 1. The Kier molecular flexibility index (Phi) is 7.49. The molecule has 0 spiro atoms. The molecular formula is C15H19Cl2N3S2. The molecule has 0 aliphatic carbocycles. The van der Waals surface area contributed by atoms with Crippen molar-refractivity contribution in [1.29, 1.82) is 5.26 Å². The van der Waals surface area contributed by atoms with Gasteiger partial charge < -0.3 is 0 Å². The SMILES string of the molecule is CC(CCC(Cl)CCCl)C1CS/C(=C(/C#N)n2ccnc2)S1. The molecule has 2 rings (SSSR count). The Hall–Kier alpha value is -0.280. The summed E-state index contributed by atoms with van der Waals surface area (Å²) in [5.41, 5.74) is 0.680. The molecule has 0 bridgehead atoms. The van der Waals surface area contributed by atoms with Crippen LogP contribution < -0.4 is 0 Å². The maximum atomic E-state index is 9.41. The predicted molar refractivity (Wildman–Crippen MR) is 98.3 cm³/mol. The summed E-state index contributed by atoms with van der Waals surface area (Å²) in [5.74, 6) is 2.25. The Morgan fingerprint density at radius 2 is 2.36 bits per heavy atom. The number of rotatable bonds is 7. The third-order valence-electron chi connectivity index (χ3n) is 3.69. The predicted octanol–water partition coefficient (Wildman–Crippen LogP) is 5.03.